The molecule has 0 saturated carbocycles. The van der Waals surface area contributed by atoms with Crippen LogP contribution in [-0.4, -0.2) is 59.8 Å². The molecule has 5 aromatic rings. The predicted octanol–water partition coefficient (Wildman–Crippen LogP) is 8.92. The summed E-state index contributed by atoms with van der Waals surface area (Å²) < 4.78 is 56.2. The number of fused-ring (bicyclic) bond motifs is 1. The van der Waals surface area contributed by atoms with Gasteiger partial charge in [-0.1, -0.05) is 42.5 Å². The first kappa shape index (κ1) is 35.1. The molecule has 5 aromatic carbocycles. The van der Waals surface area contributed by atoms with Crippen molar-refractivity contribution in [3.63, 3.8) is 0 Å². The van der Waals surface area contributed by atoms with Gasteiger partial charge in [-0.15, -0.1) is 0 Å². The number of alkyl halides is 3. The van der Waals surface area contributed by atoms with Gasteiger partial charge in [0.15, 0.2) is 0 Å². The van der Waals surface area contributed by atoms with Crippen LogP contribution >= 0.6 is 0 Å². The number of ether oxygens (including phenoxy) is 3. The minimum Gasteiger partial charge on any atom is -0.497 e. The Balaban J connectivity index is 1.32. The first-order valence-electron chi connectivity index (χ1n) is 16.4. The molecule has 0 aliphatic carbocycles. The van der Waals surface area contributed by atoms with Gasteiger partial charge in [0.05, 0.1) is 19.8 Å². The normalized spacial score (nSPS) is 16.2. The monoisotopic (exact) mass is 698 g/mol. The van der Waals surface area contributed by atoms with Gasteiger partial charge in [0.2, 0.25) is 0 Å². The zero-order valence-corrected chi connectivity index (χ0v) is 28.3. The summed E-state index contributed by atoms with van der Waals surface area (Å²) in [6, 6.07) is 29.3. The largest absolute Gasteiger partial charge is 0.497 e. The molecule has 8 nitrogen and oxygen atoms in total. The molecule has 11 heteroatoms. The molecule has 6 rings (SSSR count). The maximum Gasteiger partial charge on any atom is 0.416 e. The van der Waals surface area contributed by atoms with Gasteiger partial charge in [0, 0.05) is 53.7 Å². The van der Waals surface area contributed by atoms with Crippen LogP contribution in [0.4, 0.5) is 18.0 Å². The number of benzene rings is 5. The maximum absolute atomic E-state index is 14.6. The van der Waals surface area contributed by atoms with E-state index in [4.69, 9.17) is 14.2 Å². The summed E-state index contributed by atoms with van der Waals surface area (Å²) in [5.41, 5.74) is 1.39. The Morgan fingerprint density at radius 2 is 1.59 bits per heavy atom. The van der Waals surface area contributed by atoms with Crippen LogP contribution in [0, 0.1) is 5.92 Å². The smallest absolute Gasteiger partial charge is 0.416 e. The Kier molecular flexibility index (Phi) is 10.1. The van der Waals surface area contributed by atoms with Crippen LogP contribution in [0.3, 0.4) is 0 Å². The highest BCUT2D eigenvalue weighted by Crippen LogP contribution is 2.37. The molecule has 0 spiro atoms. The second kappa shape index (κ2) is 14.6. The van der Waals surface area contributed by atoms with Crippen molar-refractivity contribution in [1.29, 1.82) is 0 Å². The van der Waals surface area contributed by atoms with E-state index in [2.05, 4.69) is 0 Å². The summed E-state index contributed by atoms with van der Waals surface area (Å²) in [5.74, 6) is 1.40. The highest BCUT2D eigenvalue weighted by Gasteiger charge is 2.47. The van der Waals surface area contributed by atoms with Crippen LogP contribution in [0.5, 0.6) is 23.0 Å². The summed E-state index contributed by atoms with van der Waals surface area (Å²) in [4.78, 5) is 30.0. The quantitative estimate of drug-likeness (QED) is 0.148. The molecule has 1 aliphatic heterocycles. The van der Waals surface area contributed by atoms with Crippen LogP contribution in [0.1, 0.15) is 34.0 Å². The molecule has 1 aliphatic rings. The van der Waals surface area contributed by atoms with Crippen molar-refractivity contribution in [2.45, 2.75) is 38.1 Å². The zero-order chi connectivity index (χ0) is 36.3. The van der Waals surface area contributed by atoms with Gasteiger partial charge >= 0.3 is 12.3 Å². The van der Waals surface area contributed by atoms with Crippen LogP contribution in [0.2, 0.25) is 0 Å². The summed E-state index contributed by atoms with van der Waals surface area (Å²) in [6.45, 7) is 2.41. The van der Waals surface area contributed by atoms with E-state index in [-0.39, 0.29) is 42.7 Å². The molecule has 0 aromatic heterocycles. The van der Waals surface area contributed by atoms with Crippen LogP contribution in [0.15, 0.2) is 109 Å². The molecule has 1 saturated heterocycles. The fraction of sp³-hybridized carbons (Fsp3) is 0.250. The molecule has 264 valence electrons. The Hall–Kier alpha value is -5.71. The minimum absolute atomic E-state index is 0.154. The number of carboxylic acid groups (broad SMARTS) is 1. The number of rotatable bonds is 11. The molecule has 1 N–H and O–H groups in total. The highest BCUT2D eigenvalue weighted by molar-refractivity contribution is 6.00. The van der Waals surface area contributed by atoms with E-state index >= 15 is 0 Å². The third-order valence-corrected chi connectivity index (χ3v) is 9.54. The maximum atomic E-state index is 14.6. The molecule has 1 heterocycles. The number of halogens is 3. The van der Waals surface area contributed by atoms with E-state index < -0.39 is 17.8 Å². The van der Waals surface area contributed by atoms with E-state index in [1.54, 1.807) is 61.6 Å². The second-order valence-electron chi connectivity index (χ2n) is 12.5. The third kappa shape index (κ3) is 7.57. The number of amides is 2. The fourth-order valence-corrected chi connectivity index (χ4v) is 6.67. The van der Waals surface area contributed by atoms with E-state index in [0.29, 0.717) is 40.0 Å². The number of methoxy groups -OCH3 is 2. The molecule has 51 heavy (non-hydrogen) atoms. The number of likely N-dealkylation sites (tertiary alicyclic amines) is 1. The standard InChI is InChI=1S/C40H37F3N2O6/c1-25(34-24-45(39(47)48)35(34)20-26-8-5-4-6-9-26)44(23-29-12-16-32(49-2)22-37(29)50-3)38(46)28-13-19-33-27(21-28)10-7-11-36(33)51-31-17-14-30(15-18-31)40(41,42)43/h4-19,21-22,25,34-35H,20,23-24H2,1-3H3,(H,47,48). The van der Waals surface area contributed by atoms with Gasteiger partial charge in [-0.25, -0.2) is 4.79 Å². The van der Waals surface area contributed by atoms with Crippen molar-refractivity contribution in [3.8, 4) is 23.0 Å². The van der Waals surface area contributed by atoms with Crippen molar-refractivity contribution in [2.75, 3.05) is 20.8 Å². The Bertz CT molecular complexity index is 2020. The lowest BCUT2D eigenvalue weighted by molar-refractivity contribution is -0.137. The van der Waals surface area contributed by atoms with Gasteiger partial charge in [-0.3, -0.25) is 4.79 Å². The van der Waals surface area contributed by atoms with Crippen molar-refractivity contribution in [2.24, 2.45) is 5.92 Å². The number of carbonyl (C=O) groups is 2. The summed E-state index contributed by atoms with van der Waals surface area (Å²) in [7, 11) is 3.11. The van der Waals surface area contributed by atoms with Crippen LogP contribution in [-0.2, 0) is 19.1 Å². The van der Waals surface area contributed by atoms with Gasteiger partial charge in [-0.2, -0.15) is 13.2 Å². The van der Waals surface area contributed by atoms with Crippen LogP contribution in [0.25, 0.3) is 10.8 Å². The summed E-state index contributed by atoms with van der Waals surface area (Å²) in [5, 5.41) is 11.3. The van der Waals surface area contributed by atoms with Gasteiger partial charge in [0.1, 0.15) is 23.0 Å². The van der Waals surface area contributed by atoms with Crippen molar-refractivity contribution < 1.29 is 42.1 Å². The molecular weight excluding hydrogens is 661 g/mol. The molecule has 0 radical (unpaired) electrons. The molecule has 1 fully saturated rings. The number of hydrogen-bond acceptors (Lipinski definition) is 5. The SMILES string of the molecule is COc1ccc(CN(C(=O)c2ccc3c(Oc4ccc(C(F)(F)F)cc4)cccc3c2)C(C)C2CN(C(=O)O)C2Cc2ccccc2)c(OC)c1. The van der Waals surface area contributed by atoms with Gasteiger partial charge < -0.3 is 29.1 Å². The van der Waals surface area contributed by atoms with E-state index in [1.807, 2.05) is 49.4 Å². The summed E-state index contributed by atoms with van der Waals surface area (Å²) in [6.07, 6.45) is -4.95. The zero-order valence-electron chi connectivity index (χ0n) is 28.3. The number of nitrogens with zero attached hydrogens (tertiary/aromatic N) is 2. The van der Waals surface area contributed by atoms with Gasteiger partial charge in [-0.05, 0) is 85.0 Å². The molecular formula is C40H37F3N2O6. The molecule has 3 unspecified atom stereocenters. The van der Waals surface area contributed by atoms with E-state index in [0.717, 1.165) is 23.3 Å². The third-order valence-electron chi connectivity index (χ3n) is 9.54. The van der Waals surface area contributed by atoms with Crippen LogP contribution < -0.4 is 14.2 Å². The first-order valence-corrected chi connectivity index (χ1v) is 16.4. The van der Waals surface area contributed by atoms with E-state index in [9.17, 15) is 27.9 Å². The molecule has 2 amide bonds. The molecule has 3 atom stereocenters. The summed E-state index contributed by atoms with van der Waals surface area (Å²) >= 11 is 0. The van der Waals surface area contributed by atoms with Gasteiger partial charge in [0.25, 0.3) is 5.91 Å². The lowest BCUT2D eigenvalue weighted by Gasteiger charge is -2.51. The van der Waals surface area contributed by atoms with Crippen molar-refractivity contribution in [3.05, 3.63) is 131 Å². The highest BCUT2D eigenvalue weighted by atomic mass is 19.4. The lowest BCUT2D eigenvalue weighted by Crippen LogP contribution is -2.65. The Labute approximate surface area is 293 Å². The van der Waals surface area contributed by atoms with Crippen molar-refractivity contribution in [1.82, 2.24) is 9.80 Å². The van der Waals surface area contributed by atoms with E-state index in [1.165, 1.54) is 17.0 Å². The second-order valence-corrected chi connectivity index (χ2v) is 12.5. The minimum atomic E-state index is -4.46. The Morgan fingerprint density at radius 3 is 2.25 bits per heavy atom. The topological polar surface area (TPSA) is 88.5 Å². The first-order chi connectivity index (χ1) is 24.5. The number of hydrogen-bond donors (Lipinski definition) is 1. The fourth-order valence-electron chi connectivity index (χ4n) is 6.67. The average Bonchev–Trinajstić information content (AvgIpc) is 3.12. The predicted molar refractivity (Wildman–Crippen MR) is 187 cm³/mol. The van der Waals surface area contributed by atoms with Crippen molar-refractivity contribution >= 4 is 22.8 Å². The lowest BCUT2D eigenvalue weighted by atomic mass is 9.79. The average molecular weight is 699 g/mol. The Morgan fingerprint density at radius 1 is 0.863 bits per heavy atom. The molecule has 0 bridgehead atoms. The number of carbonyl (C=O) groups excluding carboxylic acids is 1.